The average molecular weight is 211 g/mol. The normalized spacial score (nSPS) is 22.6. The third kappa shape index (κ3) is 2.58. The van der Waals surface area contributed by atoms with Gasteiger partial charge in [-0.05, 0) is 26.2 Å². The molecule has 1 saturated heterocycles. The van der Waals surface area contributed by atoms with Crippen LogP contribution in [0.25, 0.3) is 0 Å². The molecule has 1 amide bonds. The van der Waals surface area contributed by atoms with Crippen LogP contribution in [0.2, 0.25) is 0 Å². The highest BCUT2D eigenvalue weighted by Gasteiger charge is 2.25. The van der Waals surface area contributed by atoms with Crippen LogP contribution in [0.4, 0.5) is 0 Å². The third-order valence-electron chi connectivity index (χ3n) is 2.92. The van der Waals surface area contributed by atoms with Crippen LogP contribution in [-0.4, -0.2) is 35.0 Å². The minimum absolute atomic E-state index is 0.138. The van der Waals surface area contributed by atoms with E-state index in [9.17, 15) is 9.59 Å². The summed E-state index contributed by atoms with van der Waals surface area (Å²) in [5, 5.41) is 8.77. The van der Waals surface area contributed by atoms with E-state index >= 15 is 0 Å². The molecular weight excluding hydrogens is 194 g/mol. The van der Waals surface area contributed by atoms with E-state index in [1.165, 1.54) is 6.92 Å². The minimum atomic E-state index is -1.02. The van der Waals surface area contributed by atoms with Gasteiger partial charge in [0.1, 0.15) is 0 Å². The van der Waals surface area contributed by atoms with E-state index < -0.39 is 5.97 Å². The number of rotatable bonds is 2. The molecule has 1 rings (SSSR count). The van der Waals surface area contributed by atoms with Crippen molar-refractivity contribution >= 4 is 11.9 Å². The number of carbonyl (C=O) groups is 2. The van der Waals surface area contributed by atoms with Gasteiger partial charge in [-0.15, -0.1) is 0 Å². The molecule has 0 aromatic heterocycles. The van der Waals surface area contributed by atoms with Crippen molar-refractivity contribution in [3.05, 3.63) is 11.1 Å². The third-order valence-corrected chi connectivity index (χ3v) is 2.92. The van der Waals surface area contributed by atoms with Gasteiger partial charge in [-0.2, -0.15) is 0 Å². The van der Waals surface area contributed by atoms with Gasteiger partial charge >= 0.3 is 5.97 Å². The predicted molar refractivity (Wildman–Crippen MR) is 56.4 cm³/mol. The minimum Gasteiger partial charge on any atom is -0.478 e. The Hall–Kier alpha value is -1.32. The molecule has 4 heteroatoms. The Morgan fingerprint density at radius 1 is 1.27 bits per heavy atom. The number of amides is 1. The second-order valence-corrected chi connectivity index (χ2v) is 4.20. The van der Waals surface area contributed by atoms with Crippen LogP contribution in [-0.2, 0) is 9.59 Å². The van der Waals surface area contributed by atoms with Crippen molar-refractivity contribution < 1.29 is 14.7 Å². The lowest BCUT2D eigenvalue weighted by Crippen LogP contribution is -2.30. The summed E-state index contributed by atoms with van der Waals surface area (Å²) in [6.07, 6.45) is 1.01. The molecule has 0 radical (unpaired) electrons. The van der Waals surface area contributed by atoms with E-state index in [0.717, 1.165) is 19.5 Å². The molecule has 1 fully saturated rings. The molecule has 1 aliphatic rings. The van der Waals surface area contributed by atoms with Gasteiger partial charge in [0.05, 0.1) is 0 Å². The summed E-state index contributed by atoms with van der Waals surface area (Å²) in [5.74, 6) is -0.640. The molecule has 0 bridgehead atoms. The molecule has 1 atom stereocenters. The number of nitrogens with zero attached hydrogens (tertiary/aromatic N) is 1. The van der Waals surface area contributed by atoms with Crippen molar-refractivity contribution in [2.75, 3.05) is 13.1 Å². The number of carboxylic acids is 1. The monoisotopic (exact) mass is 211 g/mol. The second-order valence-electron chi connectivity index (χ2n) is 4.20. The first-order valence-corrected chi connectivity index (χ1v) is 5.13. The number of aliphatic carboxylic acids is 1. The Labute approximate surface area is 89.6 Å². The van der Waals surface area contributed by atoms with E-state index in [-0.39, 0.29) is 11.5 Å². The second kappa shape index (κ2) is 4.47. The predicted octanol–water partition coefficient (Wildman–Crippen LogP) is 1.28. The zero-order valence-corrected chi connectivity index (χ0v) is 9.41. The maximum atomic E-state index is 11.8. The van der Waals surface area contributed by atoms with Gasteiger partial charge in [0.25, 0.3) is 0 Å². The van der Waals surface area contributed by atoms with Crippen molar-refractivity contribution in [1.82, 2.24) is 4.90 Å². The molecule has 84 valence electrons. The summed E-state index contributed by atoms with van der Waals surface area (Å²) in [6.45, 7) is 6.62. The van der Waals surface area contributed by atoms with Crippen LogP contribution in [0.3, 0.4) is 0 Å². The van der Waals surface area contributed by atoms with Crippen molar-refractivity contribution in [2.24, 2.45) is 5.92 Å². The molecule has 0 aromatic rings. The topological polar surface area (TPSA) is 57.6 Å². The highest BCUT2D eigenvalue weighted by molar-refractivity contribution is 6.01. The summed E-state index contributed by atoms with van der Waals surface area (Å²) in [6, 6.07) is 0. The molecule has 1 unspecified atom stereocenters. The highest BCUT2D eigenvalue weighted by atomic mass is 16.4. The molecule has 1 aliphatic heterocycles. The van der Waals surface area contributed by atoms with Gasteiger partial charge in [0.15, 0.2) is 0 Å². The maximum absolute atomic E-state index is 11.8. The Morgan fingerprint density at radius 3 is 2.27 bits per heavy atom. The van der Waals surface area contributed by atoms with E-state index in [1.807, 2.05) is 0 Å². The van der Waals surface area contributed by atoms with Gasteiger partial charge in [0.2, 0.25) is 5.91 Å². The number of carbonyl (C=O) groups excluding carboxylic acids is 1. The molecule has 1 N–H and O–H groups in total. The van der Waals surface area contributed by atoms with E-state index in [4.69, 9.17) is 5.11 Å². The fraction of sp³-hybridized carbons (Fsp3) is 0.636. The Balaban J connectivity index is 2.77. The first-order valence-electron chi connectivity index (χ1n) is 5.13. The summed E-state index contributed by atoms with van der Waals surface area (Å²) >= 11 is 0. The van der Waals surface area contributed by atoms with E-state index in [1.54, 1.807) is 11.8 Å². The first-order chi connectivity index (χ1) is 6.93. The Bertz CT molecular complexity index is 320. The van der Waals surface area contributed by atoms with Crippen LogP contribution < -0.4 is 0 Å². The molecule has 15 heavy (non-hydrogen) atoms. The average Bonchev–Trinajstić information content (AvgIpc) is 2.61. The number of carboxylic acid groups (broad SMARTS) is 1. The Morgan fingerprint density at radius 2 is 1.87 bits per heavy atom. The van der Waals surface area contributed by atoms with Gasteiger partial charge in [-0.1, -0.05) is 6.92 Å². The van der Waals surface area contributed by atoms with Crippen molar-refractivity contribution in [3.8, 4) is 0 Å². The first kappa shape index (κ1) is 11.8. The largest absolute Gasteiger partial charge is 0.478 e. The smallest absolute Gasteiger partial charge is 0.331 e. The Kier molecular flexibility index (Phi) is 3.50. The number of hydrogen-bond acceptors (Lipinski definition) is 2. The molecule has 0 spiro atoms. The van der Waals surface area contributed by atoms with Crippen molar-refractivity contribution in [3.63, 3.8) is 0 Å². The van der Waals surface area contributed by atoms with Crippen molar-refractivity contribution in [1.29, 1.82) is 0 Å². The highest BCUT2D eigenvalue weighted by Crippen LogP contribution is 2.18. The molecule has 0 aliphatic carbocycles. The van der Waals surface area contributed by atoms with Crippen LogP contribution in [0.5, 0.6) is 0 Å². The van der Waals surface area contributed by atoms with Crippen LogP contribution in [0.1, 0.15) is 27.2 Å². The molecule has 0 aromatic carbocycles. The molecule has 1 heterocycles. The molecule has 0 saturated carbocycles. The van der Waals surface area contributed by atoms with E-state index in [0.29, 0.717) is 11.5 Å². The van der Waals surface area contributed by atoms with Crippen LogP contribution >= 0.6 is 0 Å². The fourth-order valence-electron chi connectivity index (χ4n) is 1.68. The lowest BCUT2D eigenvalue weighted by atomic mass is 10.1. The van der Waals surface area contributed by atoms with Gasteiger partial charge in [-0.3, -0.25) is 4.79 Å². The summed E-state index contributed by atoms with van der Waals surface area (Å²) in [4.78, 5) is 24.3. The zero-order valence-electron chi connectivity index (χ0n) is 9.41. The van der Waals surface area contributed by atoms with Crippen LogP contribution in [0.15, 0.2) is 11.1 Å². The summed E-state index contributed by atoms with van der Waals surface area (Å²) in [7, 11) is 0. The maximum Gasteiger partial charge on any atom is 0.331 e. The van der Waals surface area contributed by atoms with Gasteiger partial charge < -0.3 is 10.0 Å². The SMILES string of the molecule is CC(C(=O)O)=C(C)C(=O)N1CCC(C)C1. The number of hydrogen-bond donors (Lipinski definition) is 1. The summed E-state index contributed by atoms with van der Waals surface area (Å²) in [5.41, 5.74) is 0.483. The van der Waals surface area contributed by atoms with Gasteiger partial charge in [-0.25, -0.2) is 4.79 Å². The molecular formula is C11H17NO3. The lowest BCUT2D eigenvalue weighted by Gasteiger charge is -2.16. The lowest BCUT2D eigenvalue weighted by molar-refractivity contribution is -0.133. The summed E-state index contributed by atoms with van der Waals surface area (Å²) < 4.78 is 0. The zero-order chi connectivity index (χ0) is 11.6. The van der Waals surface area contributed by atoms with Crippen molar-refractivity contribution in [2.45, 2.75) is 27.2 Å². The molecule has 4 nitrogen and oxygen atoms in total. The van der Waals surface area contributed by atoms with Gasteiger partial charge in [0, 0.05) is 24.2 Å². The van der Waals surface area contributed by atoms with Crippen LogP contribution in [0, 0.1) is 5.92 Å². The fourth-order valence-corrected chi connectivity index (χ4v) is 1.68. The quantitative estimate of drug-likeness (QED) is 0.700. The standard InChI is InChI=1S/C11H17NO3/c1-7-4-5-12(6-7)10(13)8(2)9(3)11(14)15/h7H,4-6H2,1-3H3,(H,14,15). The number of likely N-dealkylation sites (tertiary alicyclic amines) is 1. The van der Waals surface area contributed by atoms with E-state index in [2.05, 4.69) is 6.92 Å².